The number of rotatable bonds is 7. The lowest BCUT2D eigenvalue weighted by molar-refractivity contribution is -0.181. The Balaban J connectivity index is 5.30. The van der Waals surface area contributed by atoms with Gasteiger partial charge in [0.15, 0.2) is 0 Å². The van der Waals surface area contributed by atoms with Gasteiger partial charge in [-0.25, -0.2) is 8.93 Å². The van der Waals surface area contributed by atoms with Gasteiger partial charge in [0.05, 0.1) is 27.8 Å². The van der Waals surface area contributed by atoms with E-state index in [4.69, 9.17) is 4.74 Å². The largest absolute Gasteiger partial charge is 0.462 e. The minimum Gasteiger partial charge on any atom is -0.462 e. The molecular formula is C14H26F3NO3S. The molecule has 8 heteroatoms. The van der Waals surface area contributed by atoms with E-state index >= 15 is 0 Å². The summed E-state index contributed by atoms with van der Waals surface area (Å²) < 4.78 is 58.0. The third-order valence-corrected chi connectivity index (χ3v) is 4.76. The van der Waals surface area contributed by atoms with E-state index in [2.05, 4.69) is 4.72 Å². The van der Waals surface area contributed by atoms with Gasteiger partial charge < -0.3 is 4.74 Å². The van der Waals surface area contributed by atoms with Crippen LogP contribution in [0.1, 0.15) is 54.4 Å². The molecule has 132 valence electrons. The molecule has 0 rings (SSSR count). The Hall–Kier alpha value is -0.630. The number of carbonyl (C=O) groups is 1. The fourth-order valence-corrected chi connectivity index (χ4v) is 2.46. The number of alkyl halides is 3. The van der Waals surface area contributed by atoms with Crippen molar-refractivity contribution in [3.8, 4) is 0 Å². The number of carbonyl (C=O) groups excluding carboxylic acids is 1. The summed E-state index contributed by atoms with van der Waals surface area (Å²) in [6, 6.07) is -2.20. The van der Waals surface area contributed by atoms with Crippen molar-refractivity contribution in [1.29, 1.82) is 0 Å². The maximum Gasteiger partial charge on any atom is 0.405 e. The Morgan fingerprint density at radius 2 is 1.68 bits per heavy atom. The smallest absolute Gasteiger partial charge is 0.405 e. The predicted octanol–water partition coefficient (Wildman–Crippen LogP) is 3.34. The quantitative estimate of drug-likeness (QED) is 0.720. The van der Waals surface area contributed by atoms with Crippen LogP contribution >= 0.6 is 0 Å². The van der Waals surface area contributed by atoms with Crippen molar-refractivity contribution in [2.75, 3.05) is 0 Å². The number of halogens is 3. The van der Waals surface area contributed by atoms with Gasteiger partial charge in [0.25, 0.3) is 0 Å². The molecule has 0 radical (unpaired) electrons. The first-order valence-corrected chi connectivity index (χ1v) is 8.44. The van der Waals surface area contributed by atoms with E-state index in [9.17, 15) is 22.2 Å². The molecule has 0 fully saturated rings. The van der Waals surface area contributed by atoms with E-state index in [1.54, 1.807) is 34.6 Å². The van der Waals surface area contributed by atoms with Gasteiger partial charge in [-0.05, 0) is 40.5 Å². The van der Waals surface area contributed by atoms with Crippen LogP contribution in [-0.4, -0.2) is 33.2 Å². The Labute approximate surface area is 132 Å². The van der Waals surface area contributed by atoms with E-state index in [0.29, 0.717) is 6.42 Å². The molecule has 0 aromatic rings. The molecule has 22 heavy (non-hydrogen) atoms. The van der Waals surface area contributed by atoms with Crippen LogP contribution in [0.2, 0.25) is 0 Å². The average molecular weight is 345 g/mol. The van der Waals surface area contributed by atoms with Gasteiger partial charge in [-0.3, -0.25) is 4.79 Å². The minimum atomic E-state index is -4.70. The van der Waals surface area contributed by atoms with Crippen LogP contribution < -0.4 is 4.72 Å². The summed E-state index contributed by atoms with van der Waals surface area (Å²) in [5, 5.41) is 0. The Kier molecular flexibility index (Phi) is 8.05. The Morgan fingerprint density at radius 1 is 1.18 bits per heavy atom. The number of nitrogens with one attached hydrogen (secondary N) is 1. The number of ether oxygens (including phenoxy) is 1. The van der Waals surface area contributed by atoms with Crippen LogP contribution in [0.25, 0.3) is 0 Å². The molecule has 4 nitrogen and oxygen atoms in total. The third-order valence-electron chi connectivity index (χ3n) is 3.18. The summed E-state index contributed by atoms with van der Waals surface area (Å²) in [4.78, 5) is 12.0. The number of hydrogen-bond acceptors (Lipinski definition) is 3. The molecule has 0 aromatic heterocycles. The van der Waals surface area contributed by atoms with Gasteiger partial charge in [0.1, 0.15) is 6.04 Å². The van der Waals surface area contributed by atoms with Crippen molar-refractivity contribution < 1.29 is 26.9 Å². The second kappa shape index (κ2) is 8.29. The van der Waals surface area contributed by atoms with Crippen LogP contribution in [0.5, 0.6) is 0 Å². The molecule has 1 N–H and O–H groups in total. The molecule has 0 aliphatic heterocycles. The normalized spacial score (nSPS) is 18.4. The summed E-state index contributed by atoms with van der Waals surface area (Å²) in [6.45, 7) is 9.54. The molecule has 0 heterocycles. The highest BCUT2D eigenvalue weighted by Gasteiger charge is 2.49. The SMILES string of the molecule is CCC(C)OC(=O)[C@@H](CC)[C@H](N[S@@](=O)C(C)(C)C)C(F)(F)F. The van der Waals surface area contributed by atoms with Gasteiger partial charge in [-0.2, -0.15) is 13.2 Å². The van der Waals surface area contributed by atoms with Crippen LogP contribution in [0.3, 0.4) is 0 Å². The maximum absolute atomic E-state index is 13.3. The van der Waals surface area contributed by atoms with Gasteiger partial charge in [-0.1, -0.05) is 13.8 Å². The average Bonchev–Trinajstić information content (AvgIpc) is 2.35. The molecule has 0 bridgehead atoms. The molecule has 0 aromatic carbocycles. The lowest BCUT2D eigenvalue weighted by Crippen LogP contribution is -2.53. The zero-order valence-electron chi connectivity index (χ0n) is 13.9. The van der Waals surface area contributed by atoms with E-state index in [1.807, 2.05) is 0 Å². The van der Waals surface area contributed by atoms with Crippen molar-refractivity contribution >= 4 is 17.0 Å². The minimum absolute atomic E-state index is 0.0617. The molecular weight excluding hydrogens is 319 g/mol. The monoisotopic (exact) mass is 345 g/mol. The molecule has 0 aliphatic rings. The summed E-state index contributed by atoms with van der Waals surface area (Å²) in [5.41, 5.74) is 0. The predicted molar refractivity (Wildman–Crippen MR) is 80.5 cm³/mol. The fourth-order valence-electron chi connectivity index (χ4n) is 1.58. The first-order chi connectivity index (χ1) is 9.84. The molecule has 1 unspecified atom stereocenters. The Morgan fingerprint density at radius 3 is 2.00 bits per heavy atom. The summed E-state index contributed by atoms with van der Waals surface area (Å²) >= 11 is 0. The van der Waals surface area contributed by atoms with Gasteiger partial charge in [-0.15, -0.1) is 0 Å². The lowest BCUT2D eigenvalue weighted by atomic mass is 9.97. The summed E-state index contributed by atoms with van der Waals surface area (Å²) in [7, 11) is -1.94. The molecule has 0 spiro atoms. The second-order valence-electron chi connectivity index (χ2n) is 6.19. The first kappa shape index (κ1) is 21.4. The molecule has 0 aliphatic carbocycles. The lowest BCUT2D eigenvalue weighted by Gasteiger charge is -2.30. The molecule has 4 atom stereocenters. The molecule has 0 saturated carbocycles. The second-order valence-corrected chi connectivity index (χ2v) is 8.19. The molecule has 0 saturated heterocycles. The van der Waals surface area contributed by atoms with E-state index in [0.717, 1.165) is 0 Å². The van der Waals surface area contributed by atoms with Crippen LogP contribution in [0.4, 0.5) is 13.2 Å². The van der Waals surface area contributed by atoms with Crippen LogP contribution in [0.15, 0.2) is 0 Å². The van der Waals surface area contributed by atoms with E-state index < -0.39 is 45.9 Å². The van der Waals surface area contributed by atoms with Crippen molar-refractivity contribution in [3.63, 3.8) is 0 Å². The van der Waals surface area contributed by atoms with Gasteiger partial charge in [0, 0.05) is 0 Å². The first-order valence-electron chi connectivity index (χ1n) is 7.29. The highest BCUT2D eigenvalue weighted by molar-refractivity contribution is 7.84. The maximum atomic E-state index is 13.3. The van der Waals surface area contributed by atoms with Crippen LogP contribution in [-0.2, 0) is 20.5 Å². The fraction of sp³-hybridized carbons (Fsp3) is 0.929. The topological polar surface area (TPSA) is 55.4 Å². The third kappa shape index (κ3) is 6.64. The van der Waals surface area contributed by atoms with E-state index in [1.165, 1.54) is 6.92 Å². The van der Waals surface area contributed by atoms with Crippen molar-refractivity contribution in [1.82, 2.24) is 4.72 Å². The zero-order valence-corrected chi connectivity index (χ0v) is 14.7. The van der Waals surface area contributed by atoms with Crippen molar-refractivity contribution in [3.05, 3.63) is 0 Å². The van der Waals surface area contributed by atoms with E-state index in [-0.39, 0.29) is 6.42 Å². The highest BCUT2D eigenvalue weighted by atomic mass is 32.2. The van der Waals surface area contributed by atoms with Gasteiger partial charge >= 0.3 is 12.1 Å². The number of hydrogen-bond donors (Lipinski definition) is 1. The summed E-state index contributed by atoms with van der Waals surface area (Å²) in [5.74, 6) is -2.35. The zero-order chi connectivity index (χ0) is 17.7. The molecule has 0 amide bonds. The standard InChI is InChI=1S/C14H26F3NO3S/c1-7-9(3)21-12(19)10(8-2)11(14(15,16)17)18-22(20)13(4,5)6/h9-11,18H,7-8H2,1-6H3/t9?,10-,11-,22-/m0/s1. The summed E-state index contributed by atoms with van der Waals surface area (Å²) in [6.07, 6.45) is -4.70. The van der Waals surface area contributed by atoms with Crippen LogP contribution in [0, 0.1) is 5.92 Å². The number of esters is 1. The Bertz CT molecular complexity index is 394. The highest BCUT2D eigenvalue weighted by Crippen LogP contribution is 2.30. The van der Waals surface area contributed by atoms with Crippen molar-refractivity contribution in [2.45, 2.75) is 77.5 Å². The van der Waals surface area contributed by atoms with Gasteiger partial charge in [0.2, 0.25) is 0 Å². The van der Waals surface area contributed by atoms with Crippen molar-refractivity contribution in [2.24, 2.45) is 5.92 Å².